The number of imidazole rings is 1. The van der Waals surface area contributed by atoms with Crippen LogP contribution in [-0.4, -0.2) is 56.8 Å². The third-order valence-corrected chi connectivity index (χ3v) is 6.81. The van der Waals surface area contributed by atoms with E-state index in [1.165, 1.54) is 0 Å². The Labute approximate surface area is 233 Å². The van der Waals surface area contributed by atoms with Crippen LogP contribution in [0.3, 0.4) is 0 Å². The van der Waals surface area contributed by atoms with E-state index in [1.807, 2.05) is 79.9 Å². The lowest BCUT2D eigenvalue weighted by molar-refractivity contribution is -0.123. The molecule has 0 spiro atoms. The van der Waals surface area contributed by atoms with E-state index in [2.05, 4.69) is 15.3 Å². The smallest absolute Gasteiger partial charge is 0.297 e. The van der Waals surface area contributed by atoms with Crippen LogP contribution in [0, 0.1) is 0 Å². The number of hydrogen-bond donors (Lipinski definition) is 4. The molecule has 3 heterocycles. The molecule has 2 aromatic carbocycles. The van der Waals surface area contributed by atoms with Crippen molar-refractivity contribution in [3.05, 3.63) is 60.3 Å². The summed E-state index contributed by atoms with van der Waals surface area (Å²) in [6.07, 6.45) is 1.27. The number of ether oxygens (including phenoxy) is 2. The van der Waals surface area contributed by atoms with Gasteiger partial charge in [0.15, 0.2) is 5.82 Å². The SMILES string of the molecule is CCCOc1nc2c(N)nc3ccccc3c2n1CC(C)(C)OCCNC(=O)C(N)Cc1cc2ccccc2[nH]1. The number of carbonyl (C=O) groups excluding carboxylic acids is 1. The molecule has 210 valence electrons. The van der Waals surface area contributed by atoms with Crippen LogP contribution in [0.25, 0.3) is 32.8 Å². The monoisotopic (exact) mass is 543 g/mol. The predicted octanol–water partition coefficient (Wildman–Crippen LogP) is 3.92. The van der Waals surface area contributed by atoms with Gasteiger partial charge in [0.05, 0.1) is 42.4 Å². The number of carbonyl (C=O) groups is 1. The minimum Gasteiger partial charge on any atom is -0.465 e. The maximum Gasteiger partial charge on any atom is 0.297 e. The van der Waals surface area contributed by atoms with Gasteiger partial charge in [-0.3, -0.25) is 9.36 Å². The molecule has 0 saturated carbocycles. The van der Waals surface area contributed by atoms with E-state index in [4.69, 9.17) is 25.9 Å². The topological polar surface area (TPSA) is 146 Å². The number of nitrogens with one attached hydrogen (secondary N) is 2. The van der Waals surface area contributed by atoms with Crippen molar-refractivity contribution >= 4 is 44.6 Å². The number of benzene rings is 2. The first kappa shape index (κ1) is 27.4. The summed E-state index contributed by atoms with van der Waals surface area (Å²) in [5.74, 6) is 0.143. The Balaban J connectivity index is 1.23. The first-order valence-electron chi connectivity index (χ1n) is 13.7. The first-order valence-corrected chi connectivity index (χ1v) is 13.7. The fraction of sp³-hybridized carbons (Fsp3) is 0.367. The molecule has 6 N–H and O–H groups in total. The second kappa shape index (κ2) is 11.5. The van der Waals surface area contributed by atoms with Crippen LogP contribution in [0.1, 0.15) is 32.9 Å². The number of aromatic nitrogens is 4. The standard InChI is InChI=1S/C30H37N7O3/c1-4-14-39-29-36-25-26(21-10-6-8-12-24(21)35-27(25)32)37(29)18-30(2,3)40-15-13-33-28(38)22(31)17-20-16-19-9-5-7-11-23(19)34-20/h5-12,16,22,34H,4,13-15,17-18,31H2,1-3H3,(H2,32,35)(H,33,38). The number of aromatic amines is 1. The highest BCUT2D eigenvalue weighted by molar-refractivity contribution is 6.06. The maximum absolute atomic E-state index is 12.6. The summed E-state index contributed by atoms with van der Waals surface area (Å²) in [5.41, 5.74) is 16.1. The molecule has 1 atom stereocenters. The van der Waals surface area contributed by atoms with E-state index >= 15 is 0 Å². The number of nitrogens with two attached hydrogens (primary N) is 2. The van der Waals surface area contributed by atoms with Gasteiger partial charge in [-0.2, -0.15) is 4.98 Å². The van der Waals surface area contributed by atoms with Crippen molar-refractivity contribution < 1.29 is 14.3 Å². The number of anilines is 1. The number of hydrogen-bond acceptors (Lipinski definition) is 7. The lowest BCUT2D eigenvalue weighted by Gasteiger charge is -2.27. The second-order valence-electron chi connectivity index (χ2n) is 10.6. The van der Waals surface area contributed by atoms with Crippen LogP contribution in [0.15, 0.2) is 54.6 Å². The van der Waals surface area contributed by atoms with Crippen LogP contribution in [0.5, 0.6) is 6.01 Å². The van der Waals surface area contributed by atoms with Crippen molar-refractivity contribution in [3.63, 3.8) is 0 Å². The van der Waals surface area contributed by atoms with Crippen LogP contribution >= 0.6 is 0 Å². The molecular formula is C30H37N7O3. The third-order valence-electron chi connectivity index (χ3n) is 6.81. The van der Waals surface area contributed by atoms with Crippen molar-refractivity contribution in [3.8, 4) is 6.01 Å². The molecule has 5 aromatic rings. The van der Waals surface area contributed by atoms with E-state index in [-0.39, 0.29) is 5.91 Å². The highest BCUT2D eigenvalue weighted by Crippen LogP contribution is 2.33. The van der Waals surface area contributed by atoms with Gasteiger partial charge in [-0.15, -0.1) is 0 Å². The Bertz CT molecular complexity index is 1610. The minimum atomic E-state index is -0.663. The summed E-state index contributed by atoms with van der Waals surface area (Å²) in [5, 5.41) is 4.94. The van der Waals surface area contributed by atoms with Gasteiger partial charge < -0.3 is 31.2 Å². The summed E-state index contributed by atoms with van der Waals surface area (Å²) >= 11 is 0. The average Bonchev–Trinajstić information content (AvgIpc) is 3.50. The average molecular weight is 544 g/mol. The van der Waals surface area contributed by atoms with Crippen molar-refractivity contribution in [2.24, 2.45) is 5.73 Å². The van der Waals surface area contributed by atoms with Gasteiger partial charge in [0.2, 0.25) is 5.91 Å². The predicted molar refractivity (Wildman–Crippen MR) is 158 cm³/mol. The van der Waals surface area contributed by atoms with Crippen LogP contribution in [-0.2, 0) is 22.5 Å². The molecule has 10 heteroatoms. The van der Waals surface area contributed by atoms with Gasteiger partial charge in [0, 0.05) is 29.6 Å². The summed E-state index contributed by atoms with van der Waals surface area (Å²) in [4.78, 5) is 25.2. The number of fused-ring (bicyclic) bond motifs is 4. The lowest BCUT2D eigenvalue weighted by Crippen LogP contribution is -2.44. The molecule has 0 saturated heterocycles. The Hall–Kier alpha value is -4.15. The van der Waals surface area contributed by atoms with Gasteiger partial charge in [-0.1, -0.05) is 43.3 Å². The molecule has 0 bridgehead atoms. The summed E-state index contributed by atoms with van der Waals surface area (Å²) in [7, 11) is 0. The van der Waals surface area contributed by atoms with Crippen LogP contribution < -0.4 is 21.5 Å². The zero-order valence-electron chi connectivity index (χ0n) is 23.2. The molecule has 1 amide bonds. The molecule has 10 nitrogen and oxygen atoms in total. The Kier molecular flexibility index (Phi) is 7.90. The largest absolute Gasteiger partial charge is 0.465 e. The number of pyridine rings is 1. The molecule has 0 aliphatic rings. The Morgan fingerprint density at radius 1 is 1.12 bits per heavy atom. The third kappa shape index (κ3) is 5.88. The highest BCUT2D eigenvalue weighted by atomic mass is 16.5. The number of H-pyrrole nitrogens is 1. The number of rotatable bonds is 12. The van der Waals surface area contributed by atoms with Crippen molar-refractivity contribution in [1.82, 2.24) is 24.8 Å². The molecule has 1 unspecified atom stereocenters. The van der Waals surface area contributed by atoms with E-state index < -0.39 is 11.6 Å². The van der Waals surface area contributed by atoms with E-state index in [1.54, 1.807) is 0 Å². The Morgan fingerprint density at radius 2 is 1.90 bits per heavy atom. The van der Waals surface area contributed by atoms with E-state index in [9.17, 15) is 4.79 Å². The molecule has 0 fully saturated rings. The van der Waals surface area contributed by atoms with Gasteiger partial charge in [-0.05, 0) is 43.9 Å². The quantitative estimate of drug-likeness (QED) is 0.174. The number of para-hydroxylation sites is 2. The van der Waals surface area contributed by atoms with Crippen molar-refractivity contribution in [1.29, 1.82) is 0 Å². The Morgan fingerprint density at radius 3 is 2.70 bits per heavy atom. The first-order chi connectivity index (χ1) is 19.3. The van der Waals surface area contributed by atoms with E-state index in [0.717, 1.165) is 39.4 Å². The molecule has 0 aliphatic heterocycles. The number of nitrogens with zero attached hydrogens (tertiary/aromatic N) is 3. The summed E-state index contributed by atoms with van der Waals surface area (Å²) in [6, 6.07) is 17.7. The molecule has 0 radical (unpaired) electrons. The molecular weight excluding hydrogens is 506 g/mol. The van der Waals surface area contributed by atoms with Gasteiger partial charge in [-0.25, -0.2) is 4.98 Å². The van der Waals surface area contributed by atoms with Gasteiger partial charge >= 0.3 is 0 Å². The molecule has 40 heavy (non-hydrogen) atoms. The second-order valence-corrected chi connectivity index (χ2v) is 10.6. The molecule has 0 aliphatic carbocycles. The number of amides is 1. The minimum absolute atomic E-state index is 0.217. The van der Waals surface area contributed by atoms with Gasteiger partial charge in [0.25, 0.3) is 6.01 Å². The normalized spacial score (nSPS) is 12.8. The molecule has 5 rings (SSSR count). The van der Waals surface area contributed by atoms with Gasteiger partial charge in [0.1, 0.15) is 5.52 Å². The van der Waals surface area contributed by atoms with Crippen molar-refractivity contribution in [2.45, 2.75) is 51.8 Å². The fourth-order valence-corrected chi connectivity index (χ4v) is 4.92. The summed E-state index contributed by atoms with van der Waals surface area (Å²) in [6.45, 7) is 7.69. The molecule has 3 aromatic heterocycles. The zero-order chi connectivity index (χ0) is 28.3. The van der Waals surface area contributed by atoms with E-state index in [0.29, 0.717) is 50.1 Å². The fourth-order valence-electron chi connectivity index (χ4n) is 4.92. The van der Waals surface area contributed by atoms with Crippen molar-refractivity contribution in [2.75, 3.05) is 25.5 Å². The summed E-state index contributed by atoms with van der Waals surface area (Å²) < 4.78 is 14.3. The zero-order valence-corrected chi connectivity index (χ0v) is 23.2. The van der Waals surface area contributed by atoms with Crippen LogP contribution in [0.4, 0.5) is 5.82 Å². The lowest BCUT2D eigenvalue weighted by atomic mass is 10.1. The van der Waals surface area contributed by atoms with Crippen LogP contribution in [0.2, 0.25) is 0 Å². The maximum atomic E-state index is 12.6. The highest BCUT2D eigenvalue weighted by Gasteiger charge is 2.26. The number of nitrogen functional groups attached to an aromatic ring is 1.